The molecule has 0 saturated heterocycles. The van der Waals surface area contributed by atoms with E-state index in [1.165, 1.54) is 0 Å². The summed E-state index contributed by atoms with van der Waals surface area (Å²) in [6.45, 7) is 0.729. The summed E-state index contributed by atoms with van der Waals surface area (Å²) >= 11 is 3.46. The van der Waals surface area contributed by atoms with Gasteiger partial charge in [-0.3, -0.25) is 4.79 Å². The minimum absolute atomic E-state index is 0.0633. The third-order valence-corrected chi connectivity index (χ3v) is 4.57. The van der Waals surface area contributed by atoms with Gasteiger partial charge in [-0.25, -0.2) is 4.52 Å². The molecule has 0 aliphatic heterocycles. The number of aromatic nitrogens is 2. The quantitative estimate of drug-likeness (QED) is 0.927. The Bertz CT molecular complexity index is 663. The number of amides is 1. The number of hydrogen-bond acceptors (Lipinski definition) is 3. The fourth-order valence-corrected chi connectivity index (χ4v) is 3.03. The molecule has 20 heavy (non-hydrogen) atoms. The Balaban J connectivity index is 1.89. The number of pyridine rings is 1. The van der Waals surface area contributed by atoms with Gasteiger partial charge in [0.15, 0.2) is 0 Å². The lowest BCUT2D eigenvalue weighted by Crippen LogP contribution is -2.34. The number of aliphatic hydroxyl groups is 1. The Hall–Kier alpha value is -1.40. The van der Waals surface area contributed by atoms with Crippen molar-refractivity contribution in [1.29, 1.82) is 0 Å². The fourth-order valence-electron chi connectivity index (χ4n) is 2.48. The number of hydrogen-bond donors (Lipinski definition) is 1. The van der Waals surface area contributed by atoms with Crippen molar-refractivity contribution in [2.45, 2.75) is 12.8 Å². The molecule has 0 aromatic carbocycles. The molecule has 0 spiro atoms. The number of nitrogens with zero attached hydrogens (tertiary/aromatic N) is 3. The van der Waals surface area contributed by atoms with Crippen LogP contribution in [0.25, 0.3) is 5.52 Å². The van der Waals surface area contributed by atoms with Gasteiger partial charge in [-0.15, -0.1) is 0 Å². The van der Waals surface area contributed by atoms with Crippen LogP contribution in [-0.4, -0.2) is 45.7 Å². The molecule has 3 rings (SSSR count). The molecule has 1 amide bonds. The van der Waals surface area contributed by atoms with E-state index in [4.69, 9.17) is 0 Å². The minimum Gasteiger partial charge on any atom is -0.396 e. The number of carbonyl (C=O) groups is 1. The van der Waals surface area contributed by atoms with E-state index < -0.39 is 0 Å². The van der Waals surface area contributed by atoms with Crippen molar-refractivity contribution in [3.8, 4) is 0 Å². The molecule has 2 heterocycles. The van der Waals surface area contributed by atoms with Crippen molar-refractivity contribution in [3.63, 3.8) is 0 Å². The van der Waals surface area contributed by atoms with Crippen LogP contribution in [0.2, 0.25) is 0 Å². The maximum atomic E-state index is 12.6. The summed E-state index contributed by atoms with van der Waals surface area (Å²) in [7, 11) is 1.78. The van der Waals surface area contributed by atoms with Crippen molar-refractivity contribution in [2.75, 3.05) is 20.2 Å². The summed E-state index contributed by atoms with van der Waals surface area (Å²) < 4.78 is 2.53. The van der Waals surface area contributed by atoms with E-state index in [2.05, 4.69) is 21.0 Å². The second-order valence-electron chi connectivity index (χ2n) is 5.53. The highest BCUT2D eigenvalue weighted by Crippen LogP contribution is 2.45. The van der Waals surface area contributed by atoms with Crippen LogP contribution in [0.1, 0.15) is 23.2 Å². The Kier molecular flexibility index (Phi) is 3.30. The lowest BCUT2D eigenvalue weighted by Gasteiger charge is -2.22. The topological polar surface area (TPSA) is 57.8 Å². The van der Waals surface area contributed by atoms with E-state index in [0.29, 0.717) is 12.1 Å². The van der Waals surface area contributed by atoms with Gasteiger partial charge in [0.25, 0.3) is 5.91 Å². The lowest BCUT2D eigenvalue weighted by molar-refractivity contribution is 0.0735. The fraction of sp³-hybridized carbons (Fsp3) is 0.429. The highest BCUT2D eigenvalue weighted by atomic mass is 79.9. The summed E-state index contributed by atoms with van der Waals surface area (Å²) in [4.78, 5) is 14.2. The number of rotatable bonds is 4. The van der Waals surface area contributed by atoms with E-state index >= 15 is 0 Å². The highest BCUT2D eigenvalue weighted by molar-refractivity contribution is 9.10. The van der Waals surface area contributed by atoms with Crippen molar-refractivity contribution in [3.05, 3.63) is 34.6 Å². The van der Waals surface area contributed by atoms with Gasteiger partial charge in [-0.1, -0.05) is 0 Å². The van der Waals surface area contributed by atoms with Gasteiger partial charge < -0.3 is 10.0 Å². The molecule has 2 aromatic rings. The molecule has 2 aromatic heterocycles. The van der Waals surface area contributed by atoms with Crippen LogP contribution < -0.4 is 0 Å². The zero-order valence-electron chi connectivity index (χ0n) is 11.2. The van der Waals surface area contributed by atoms with Crippen LogP contribution in [0.15, 0.2) is 29.0 Å². The molecular formula is C14H16BrN3O2. The first-order valence-corrected chi connectivity index (χ1v) is 7.34. The second kappa shape index (κ2) is 4.86. The van der Waals surface area contributed by atoms with Crippen LogP contribution in [0.3, 0.4) is 0 Å². The summed E-state index contributed by atoms with van der Waals surface area (Å²) in [5.41, 5.74) is 1.27. The summed E-state index contributed by atoms with van der Waals surface area (Å²) in [5, 5.41) is 13.6. The van der Waals surface area contributed by atoms with Crippen LogP contribution in [0.5, 0.6) is 0 Å². The Morgan fingerprint density at radius 1 is 1.60 bits per heavy atom. The van der Waals surface area contributed by atoms with Gasteiger partial charge >= 0.3 is 0 Å². The van der Waals surface area contributed by atoms with Crippen molar-refractivity contribution < 1.29 is 9.90 Å². The van der Waals surface area contributed by atoms with E-state index in [9.17, 15) is 9.90 Å². The number of aliphatic hydroxyl groups excluding tert-OH is 1. The second-order valence-corrected chi connectivity index (χ2v) is 6.38. The van der Waals surface area contributed by atoms with Crippen LogP contribution in [0, 0.1) is 5.41 Å². The third-order valence-electron chi connectivity index (χ3n) is 3.93. The van der Waals surface area contributed by atoms with Gasteiger partial charge in [0.05, 0.1) is 23.9 Å². The largest absolute Gasteiger partial charge is 0.396 e. The molecule has 1 aliphatic rings. The van der Waals surface area contributed by atoms with E-state index in [1.807, 2.05) is 18.3 Å². The van der Waals surface area contributed by atoms with Gasteiger partial charge in [-0.2, -0.15) is 5.10 Å². The zero-order chi connectivity index (χ0) is 14.3. The predicted molar refractivity (Wildman–Crippen MR) is 78.6 cm³/mol. The smallest absolute Gasteiger partial charge is 0.257 e. The van der Waals surface area contributed by atoms with Gasteiger partial charge in [-0.05, 0) is 40.9 Å². The maximum Gasteiger partial charge on any atom is 0.257 e. The Morgan fingerprint density at radius 2 is 2.35 bits per heavy atom. The van der Waals surface area contributed by atoms with E-state index in [-0.39, 0.29) is 17.9 Å². The lowest BCUT2D eigenvalue weighted by atomic mass is 10.1. The molecule has 0 unspecified atom stereocenters. The minimum atomic E-state index is -0.0788. The summed E-state index contributed by atoms with van der Waals surface area (Å²) in [5.74, 6) is -0.0633. The van der Waals surface area contributed by atoms with Crippen LogP contribution in [-0.2, 0) is 0 Å². The van der Waals surface area contributed by atoms with Crippen LogP contribution in [0.4, 0.5) is 0 Å². The van der Waals surface area contributed by atoms with Crippen LogP contribution >= 0.6 is 15.9 Å². The molecule has 1 aliphatic carbocycles. The molecular weight excluding hydrogens is 322 g/mol. The first kappa shape index (κ1) is 13.6. The molecule has 1 fully saturated rings. The number of carbonyl (C=O) groups excluding carboxylic acids is 1. The van der Waals surface area contributed by atoms with Gasteiger partial charge in [0.1, 0.15) is 0 Å². The zero-order valence-corrected chi connectivity index (χ0v) is 12.8. The number of fused-ring (bicyclic) bond motifs is 1. The molecule has 0 bridgehead atoms. The molecule has 1 N–H and O–H groups in total. The molecule has 106 valence electrons. The Labute approximate surface area is 125 Å². The van der Waals surface area contributed by atoms with Gasteiger partial charge in [0.2, 0.25) is 0 Å². The first-order chi connectivity index (χ1) is 9.56. The number of halogens is 1. The predicted octanol–water partition coefficient (Wildman–Crippen LogP) is 1.94. The summed E-state index contributed by atoms with van der Waals surface area (Å²) in [6.07, 6.45) is 5.38. The monoisotopic (exact) mass is 337 g/mol. The van der Waals surface area contributed by atoms with E-state index in [0.717, 1.165) is 22.8 Å². The molecule has 1 saturated carbocycles. The standard InChI is InChI=1S/C14H16BrN3O2/c1-17(8-14(9-19)4-5-14)13(20)10-7-16-18-6-2-3-11(15)12(10)18/h2-3,6-7,19H,4-5,8-9H2,1H3. The molecule has 0 radical (unpaired) electrons. The molecule has 0 atom stereocenters. The average molecular weight is 338 g/mol. The normalized spacial score (nSPS) is 16.4. The average Bonchev–Trinajstić information content (AvgIpc) is 3.07. The van der Waals surface area contributed by atoms with Crippen molar-refractivity contribution in [2.24, 2.45) is 5.41 Å². The van der Waals surface area contributed by atoms with Crippen molar-refractivity contribution in [1.82, 2.24) is 14.5 Å². The van der Waals surface area contributed by atoms with E-state index in [1.54, 1.807) is 22.7 Å². The molecule has 5 nitrogen and oxygen atoms in total. The van der Waals surface area contributed by atoms with Gasteiger partial charge in [0, 0.05) is 29.7 Å². The third kappa shape index (κ3) is 2.23. The van der Waals surface area contributed by atoms with Crippen molar-refractivity contribution >= 4 is 27.4 Å². The highest BCUT2D eigenvalue weighted by Gasteiger charge is 2.43. The SMILES string of the molecule is CN(CC1(CO)CC1)C(=O)c1cnn2cccc(Br)c12. The Morgan fingerprint density at radius 3 is 3.00 bits per heavy atom. The molecule has 6 heteroatoms. The first-order valence-electron chi connectivity index (χ1n) is 6.54. The summed E-state index contributed by atoms with van der Waals surface area (Å²) in [6, 6.07) is 3.76. The maximum absolute atomic E-state index is 12.6.